The molecule has 1 aromatic heterocycles. The summed E-state index contributed by atoms with van der Waals surface area (Å²) >= 11 is 0. The van der Waals surface area contributed by atoms with Crippen molar-refractivity contribution in [3.8, 4) is 0 Å². The van der Waals surface area contributed by atoms with Crippen molar-refractivity contribution < 1.29 is 13.5 Å². The van der Waals surface area contributed by atoms with Crippen molar-refractivity contribution in [3.63, 3.8) is 0 Å². The van der Waals surface area contributed by atoms with Crippen molar-refractivity contribution in [1.29, 1.82) is 0 Å². The molecule has 3 rings (SSSR count). The van der Waals surface area contributed by atoms with Gasteiger partial charge in [0.15, 0.2) is 5.82 Å². The first-order chi connectivity index (χ1) is 10.6. The van der Waals surface area contributed by atoms with E-state index in [4.69, 9.17) is 4.74 Å². The van der Waals surface area contributed by atoms with Gasteiger partial charge in [-0.2, -0.15) is 0 Å². The van der Waals surface area contributed by atoms with E-state index in [1.54, 1.807) is 6.33 Å². The molecule has 5 nitrogen and oxygen atoms in total. The van der Waals surface area contributed by atoms with Crippen molar-refractivity contribution in [1.82, 2.24) is 19.7 Å². The van der Waals surface area contributed by atoms with Crippen molar-refractivity contribution >= 4 is 0 Å². The third-order valence-corrected chi connectivity index (χ3v) is 4.09. The molecule has 1 saturated heterocycles. The van der Waals surface area contributed by atoms with E-state index in [9.17, 15) is 8.78 Å². The highest BCUT2D eigenvalue weighted by atomic mass is 19.1. The molecule has 1 fully saturated rings. The summed E-state index contributed by atoms with van der Waals surface area (Å²) in [6.45, 7) is 3.72. The molecule has 0 unspecified atom stereocenters. The van der Waals surface area contributed by atoms with Gasteiger partial charge in [-0.25, -0.2) is 8.78 Å². The Balaban J connectivity index is 1.78. The number of ether oxygens (including phenoxy) is 1. The Morgan fingerprint density at radius 2 is 2.18 bits per heavy atom. The molecule has 118 valence electrons. The second kappa shape index (κ2) is 6.10. The fraction of sp³-hybridized carbons (Fsp3) is 0.467. The van der Waals surface area contributed by atoms with Crippen LogP contribution in [0.4, 0.5) is 8.78 Å². The number of benzene rings is 1. The van der Waals surface area contributed by atoms with Gasteiger partial charge >= 0.3 is 0 Å². The molecule has 2 heterocycles. The lowest BCUT2D eigenvalue weighted by Crippen LogP contribution is -2.40. The van der Waals surface area contributed by atoms with Crippen molar-refractivity contribution in [2.45, 2.75) is 19.1 Å². The molecule has 2 atom stereocenters. The minimum Gasteiger partial charge on any atom is -0.368 e. The zero-order chi connectivity index (χ0) is 15.7. The monoisotopic (exact) mass is 308 g/mol. The van der Waals surface area contributed by atoms with Gasteiger partial charge in [-0.3, -0.25) is 4.90 Å². The molecule has 0 aliphatic carbocycles. The van der Waals surface area contributed by atoms with Gasteiger partial charge in [0.2, 0.25) is 0 Å². The van der Waals surface area contributed by atoms with Crippen LogP contribution in [0.3, 0.4) is 0 Å². The molecule has 1 aliphatic heterocycles. The van der Waals surface area contributed by atoms with Crippen molar-refractivity contribution in [2.75, 3.05) is 19.7 Å². The Morgan fingerprint density at radius 1 is 1.36 bits per heavy atom. The van der Waals surface area contributed by atoms with Crippen molar-refractivity contribution in [2.24, 2.45) is 7.05 Å². The summed E-state index contributed by atoms with van der Waals surface area (Å²) in [6, 6.07) is 3.55. The van der Waals surface area contributed by atoms with Crippen LogP contribution in [0.1, 0.15) is 30.5 Å². The Hall–Kier alpha value is -1.86. The molecule has 2 aromatic rings. The van der Waals surface area contributed by atoms with Gasteiger partial charge in [-0.1, -0.05) is 6.07 Å². The molecule has 0 amide bonds. The number of halogens is 2. The smallest absolute Gasteiger partial charge is 0.163 e. The quantitative estimate of drug-likeness (QED) is 0.872. The second-order valence-electron chi connectivity index (χ2n) is 5.50. The average Bonchev–Trinajstić information content (AvgIpc) is 2.93. The van der Waals surface area contributed by atoms with E-state index in [2.05, 4.69) is 15.1 Å². The number of nitrogens with zero attached hydrogens (tertiary/aromatic N) is 4. The van der Waals surface area contributed by atoms with E-state index >= 15 is 0 Å². The molecule has 0 radical (unpaired) electrons. The highest BCUT2D eigenvalue weighted by molar-refractivity contribution is 5.22. The lowest BCUT2D eigenvalue weighted by atomic mass is 10.0. The molecule has 0 saturated carbocycles. The van der Waals surface area contributed by atoms with Gasteiger partial charge < -0.3 is 9.30 Å². The van der Waals surface area contributed by atoms with Crippen LogP contribution in [0.2, 0.25) is 0 Å². The van der Waals surface area contributed by atoms with E-state index in [1.807, 2.05) is 18.5 Å². The fourth-order valence-corrected chi connectivity index (χ4v) is 2.80. The molecule has 1 aliphatic rings. The van der Waals surface area contributed by atoms with E-state index in [-0.39, 0.29) is 12.1 Å². The summed E-state index contributed by atoms with van der Waals surface area (Å²) in [6.07, 6.45) is 1.42. The summed E-state index contributed by atoms with van der Waals surface area (Å²) in [5.74, 6) is -0.335. The highest BCUT2D eigenvalue weighted by Crippen LogP contribution is 2.29. The Kier molecular flexibility index (Phi) is 4.17. The minimum atomic E-state index is -0.563. The molecular formula is C15H18F2N4O. The SMILES string of the molecule is C[C@H](c1ccc(F)cc1F)N1CCO[C@@H](c2nncn2C)C1. The molecule has 0 N–H and O–H groups in total. The molecule has 7 heteroatoms. The lowest BCUT2D eigenvalue weighted by molar-refractivity contribution is -0.0487. The topological polar surface area (TPSA) is 43.2 Å². The van der Waals surface area contributed by atoms with E-state index in [0.717, 1.165) is 11.9 Å². The van der Waals surface area contributed by atoms with Crippen LogP contribution in [0.25, 0.3) is 0 Å². The predicted octanol–water partition coefficient (Wildman–Crippen LogP) is 2.23. The third kappa shape index (κ3) is 2.86. The number of hydrogen-bond donors (Lipinski definition) is 0. The van der Waals surface area contributed by atoms with Crippen LogP contribution >= 0.6 is 0 Å². The Labute approximate surface area is 127 Å². The third-order valence-electron chi connectivity index (χ3n) is 4.09. The summed E-state index contributed by atoms with van der Waals surface area (Å²) in [4.78, 5) is 2.11. The maximum atomic E-state index is 14.0. The molecular weight excluding hydrogens is 290 g/mol. The van der Waals surface area contributed by atoms with Crippen LogP contribution in [0.15, 0.2) is 24.5 Å². The highest BCUT2D eigenvalue weighted by Gasteiger charge is 2.29. The largest absolute Gasteiger partial charge is 0.368 e. The van der Waals surface area contributed by atoms with Gasteiger partial charge in [0.1, 0.15) is 24.1 Å². The zero-order valence-corrected chi connectivity index (χ0v) is 12.5. The fourth-order valence-electron chi connectivity index (χ4n) is 2.80. The number of morpholine rings is 1. The number of hydrogen-bond acceptors (Lipinski definition) is 4. The number of rotatable bonds is 3. The standard InChI is InChI=1S/C15H18F2N4O/c1-10(12-4-3-11(16)7-13(12)17)21-5-6-22-14(8-21)15-19-18-9-20(15)2/h3-4,7,9-10,14H,5-6,8H2,1-2H3/t10-,14-/m1/s1. The Bertz CT molecular complexity index is 661. The first-order valence-corrected chi connectivity index (χ1v) is 7.20. The zero-order valence-electron chi connectivity index (χ0n) is 12.5. The lowest BCUT2D eigenvalue weighted by Gasteiger charge is -2.36. The molecule has 0 bridgehead atoms. The number of aryl methyl sites for hydroxylation is 1. The first kappa shape index (κ1) is 15.1. The molecule has 0 spiro atoms. The molecule has 22 heavy (non-hydrogen) atoms. The van der Waals surface area contributed by atoms with Gasteiger partial charge in [-0.05, 0) is 13.0 Å². The van der Waals surface area contributed by atoms with Gasteiger partial charge in [0, 0.05) is 37.8 Å². The molecule has 1 aromatic carbocycles. The van der Waals surface area contributed by atoms with Crippen molar-refractivity contribution in [3.05, 3.63) is 47.5 Å². The number of aromatic nitrogens is 3. The van der Waals surface area contributed by atoms with Gasteiger partial charge in [-0.15, -0.1) is 10.2 Å². The van der Waals surface area contributed by atoms with Crippen LogP contribution in [-0.4, -0.2) is 39.4 Å². The van der Waals surface area contributed by atoms with Crippen LogP contribution in [0, 0.1) is 11.6 Å². The van der Waals surface area contributed by atoms with Crippen LogP contribution in [0.5, 0.6) is 0 Å². The van der Waals surface area contributed by atoms with Gasteiger partial charge in [0.05, 0.1) is 6.61 Å². The van der Waals surface area contributed by atoms with E-state index < -0.39 is 11.6 Å². The first-order valence-electron chi connectivity index (χ1n) is 7.20. The predicted molar refractivity (Wildman–Crippen MR) is 76.0 cm³/mol. The summed E-state index contributed by atoms with van der Waals surface area (Å²) in [5, 5.41) is 7.93. The normalized spacial score (nSPS) is 21.0. The summed E-state index contributed by atoms with van der Waals surface area (Å²) < 4.78 is 34.6. The maximum absolute atomic E-state index is 14.0. The van der Waals surface area contributed by atoms with Crippen LogP contribution in [-0.2, 0) is 11.8 Å². The van der Waals surface area contributed by atoms with E-state index in [0.29, 0.717) is 25.3 Å². The summed E-state index contributed by atoms with van der Waals surface area (Å²) in [7, 11) is 1.86. The summed E-state index contributed by atoms with van der Waals surface area (Å²) in [5.41, 5.74) is 0.486. The van der Waals surface area contributed by atoms with Gasteiger partial charge in [0.25, 0.3) is 0 Å². The Morgan fingerprint density at radius 3 is 2.86 bits per heavy atom. The van der Waals surface area contributed by atoms with Crippen LogP contribution < -0.4 is 0 Å². The second-order valence-corrected chi connectivity index (χ2v) is 5.50. The minimum absolute atomic E-state index is 0.166. The van der Waals surface area contributed by atoms with E-state index in [1.165, 1.54) is 12.1 Å². The average molecular weight is 308 g/mol. The maximum Gasteiger partial charge on any atom is 0.163 e.